The van der Waals surface area contributed by atoms with Gasteiger partial charge in [0, 0.05) is 39.0 Å². The number of aryl methyl sites for hydroxylation is 1. The molecule has 0 aliphatic heterocycles. The van der Waals surface area contributed by atoms with Crippen LogP contribution in [0.15, 0.2) is 12.4 Å². The fourth-order valence-corrected chi connectivity index (χ4v) is 2.72. The summed E-state index contributed by atoms with van der Waals surface area (Å²) in [7, 11) is 3.78. The summed E-state index contributed by atoms with van der Waals surface area (Å²) in [5.74, 6) is 1.43. The SMILES string of the molecule is CN(Cc1nccn1C)C(=O)CC1CCCCC1N. The molecule has 2 atom stereocenters. The van der Waals surface area contributed by atoms with Crippen molar-refractivity contribution in [3.8, 4) is 0 Å². The Bertz CT molecular complexity index is 429. The smallest absolute Gasteiger partial charge is 0.223 e. The zero-order chi connectivity index (χ0) is 13.8. The van der Waals surface area contributed by atoms with Crippen molar-refractivity contribution < 1.29 is 4.79 Å². The van der Waals surface area contributed by atoms with Gasteiger partial charge < -0.3 is 15.2 Å². The van der Waals surface area contributed by atoms with Gasteiger partial charge in [-0.05, 0) is 18.8 Å². The summed E-state index contributed by atoms with van der Waals surface area (Å²) in [6, 6.07) is 0.194. The number of nitrogens with zero attached hydrogens (tertiary/aromatic N) is 3. The monoisotopic (exact) mass is 264 g/mol. The van der Waals surface area contributed by atoms with Gasteiger partial charge in [-0.1, -0.05) is 12.8 Å². The van der Waals surface area contributed by atoms with Crippen LogP contribution >= 0.6 is 0 Å². The van der Waals surface area contributed by atoms with Crippen LogP contribution in [0.25, 0.3) is 0 Å². The number of carbonyl (C=O) groups excluding carboxylic acids is 1. The molecule has 2 rings (SSSR count). The summed E-state index contributed by atoms with van der Waals surface area (Å²) in [4.78, 5) is 18.2. The summed E-state index contributed by atoms with van der Waals surface area (Å²) in [6.45, 7) is 0.560. The van der Waals surface area contributed by atoms with Gasteiger partial charge in [-0.15, -0.1) is 0 Å². The molecule has 106 valence electrons. The van der Waals surface area contributed by atoms with Gasteiger partial charge in [0.05, 0.1) is 6.54 Å². The molecule has 1 aromatic rings. The van der Waals surface area contributed by atoms with Crippen LogP contribution in [0.2, 0.25) is 0 Å². The Balaban J connectivity index is 1.87. The zero-order valence-corrected chi connectivity index (χ0v) is 11.9. The predicted molar refractivity (Wildman–Crippen MR) is 74.2 cm³/mol. The molecule has 1 aliphatic rings. The molecular formula is C14H24N4O. The van der Waals surface area contributed by atoms with Gasteiger partial charge in [0.25, 0.3) is 0 Å². The number of hydrogen-bond acceptors (Lipinski definition) is 3. The molecule has 2 N–H and O–H groups in total. The van der Waals surface area contributed by atoms with Crippen molar-refractivity contribution in [1.82, 2.24) is 14.5 Å². The number of rotatable bonds is 4. The molecule has 0 radical (unpaired) electrons. The second kappa shape index (κ2) is 6.19. The summed E-state index contributed by atoms with van der Waals surface area (Å²) in [6.07, 6.45) is 8.77. The number of hydrogen-bond donors (Lipinski definition) is 1. The lowest BCUT2D eigenvalue weighted by molar-refractivity contribution is -0.131. The summed E-state index contributed by atoms with van der Waals surface area (Å²) in [5.41, 5.74) is 6.10. The van der Waals surface area contributed by atoms with Crippen LogP contribution in [0, 0.1) is 5.92 Å². The minimum absolute atomic E-state index is 0.172. The third kappa shape index (κ3) is 3.56. The Morgan fingerprint density at radius 1 is 1.53 bits per heavy atom. The fraction of sp³-hybridized carbons (Fsp3) is 0.714. The molecule has 5 heteroatoms. The Kier molecular flexibility index (Phi) is 4.58. The van der Waals surface area contributed by atoms with E-state index in [0.717, 1.165) is 18.7 Å². The summed E-state index contributed by atoms with van der Waals surface area (Å²) < 4.78 is 1.94. The van der Waals surface area contributed by atoms with E-state index in [1.165, 1.54) is 12.8 Å². The third-order valence-corrected chi connectivity index (χ3v) is 4.13. The Morgan fingerprint density at radius 3 is 2.89 bits per heavy atom. The standard InChI is InChI=1S/C14H24N4O/c1-17-8-7-16-13(17)10-18(2)14(19)9-11-5-3-4-6-12(11)15/h7-8,11-12H,3-6,9-10,15H2,1-2H3. The van der Waals surface area contributed by atoms with Crippen molar-refractivity contribution in [1.29, 1.82) is 0 Å². The molecule has 1 aromatic heterocycles. The fourth-order valence-electron chi connectivity index (χ4n) is 2.72. The Hall–Kier alpha value is -1.36. The second-order valence-electron chi connectivity index (χ2n) is 5.62. The minimum atomic E-state index is 0.172. The highest BCUT2D eigenvalue weighted by Crippen LogP contribution is 2.26. The molecule has 1 fully saturated rings. The van der Waals surface area contributed by atoms with Crippen molar-refractivity contribution >= 4 is 5.91 Å². The normalized spacial score (nSPS) is 23.3. The van der Waals surface area contributed by atoms with E-state index in [2.05, 4.69) is 4.98 Å². The average Bonchev–Trinajstić information content (AvgIpc) is 2.78. The first kappa shape index (κ1) is 14.1. The molecule has 1 aliphatic carbocycles. The largest absolute Gasteiger partial charge is 0.338 e. The van der Waals surface area contributed by atoms with Gasteiger partial charge in [-0.25, -0.2) is 4.98 Å². The van der Waals surface area contributed by atoms with Crippen LogP contribution in [0.1, 0.15) is 37.9 Å². The van der Waals surface area contributed by atoms with Crippen molar-refractivity contribution in [2.75, 3.05) is 7.05 Å². The van der Waals surface area contributed by atoms with Gasteiger partial charge in [0.1, 0.15) is 5.82 Å². The predicted octanol–water partition coefficient (Wildman–Crippen LogP) is 1.29. The summed E-state index contributed by atoms with van der Waals surface area (Å²) >= 11 is 0. The number of aromatic nitrogens is 2. The molecule has 0 spiro atoms. The molecule has 0 saturated heterocycles. The van der Waals surface area contributed by atoms with Crippen molar-refractivity contribution in [3.05, 3.63) is 18.2 Å². The maximum Gasteiger partial charge on any atom is 0.223 e. The Morgan fingerprint density at radius 2 is 2.26 bits per heavy atom. The number of imidazole rings is 1. The van der Waals surface area contributed by atoms with Crippen LogP contribution in [0.5, 0.6) is 0 Å². The van der Waals surface area contributed by atoms with E-state index in [1.54, 1.807) is 11.1 Å². The minimum Gasteiger partial charge on any atom is -0.338 e. The van der Waals surface area contributed by atoms with Crippen molar-refractivity contribution in [2.24, 2.45) is 18.7 Å². The first-order valence-electron chi connectivity index (χ1n) is 7.03. The van der Waals surface area contributed by atoms with Crippen LogP contribution < -0.4 is 5.73 Å². The average molecular weight is 264 g/mol. The van der Waals surface area contributed by atoms with Gasteiger partial charge in [-0.2, -0.15) is 0 Å². The maximum atomic E-state index is 12.2. The zero-order valence-electron chi connectivity index (χ0n) is 11.9. The van der Waals surface area contributed by atoms with E-state index in [-0.39, 0.29) is 11.9 Å². The molecule has 5 nitrogen and oxygen atoms in total. The lowest BCUT2D eigenvalue weighted by atomic mass is 9.83. The first-order chi connectivity index (χ1) is 9.08. The molecule has 1 heterocycles. The molecular weight excluding hydrogens is 240 g/mol. The van der Waals surface area contributed by atoms with Crippen LogP contribution in [-0.2, 0) is 18.4 Å². The van der Waals surface area contributed by atoms with E-state index in [0.29, 0.717) is 18.9 Å². The topological polar surface area (TPSA) is 64.2 Å². The van der Waals surface area contributed by atoms with Gasteiger partial charge in [-0.3, -0.25) is 4.79 Å². The molecule has 1 amide bonds. The summed E-state index contributed by atoms with van der Waals surface area (Å²) in [5, 5.41) is 0. The highest BCUT2D eigenvalue weighted by atomic mass is 16.2. The van der Waals surface area contributed by atoms with Gasteiger partial charge in [0.2, 0.25) is 5.91 Å². The highest BCUT2D eigenvalue weighted by molar-refractivity contribution is 5.76. The van der Waals surface area contributed by atoms with E-state index < -0.39 is 0 Å². The van der Waals surface area contributed by atoms with Crippen molar-refractivity contribution in [3.63, 3.8) is 0 Å². The van der Waals surface area contributed by atoms with E-state index in [9.17, 15) is 4.79 Å². The Labute approximate surface area is 114 Å². The molecule has 0 bridgehead atoms. The van der Waals surface area contributed by atoms with Gasteiger partial charge in [0.15, 0.2) is 0 Å². The number of nitrogens with two attached hydrogens (primary N) is 1. The van der Waals surface area contributed by atoms with E-state index >= 15 is 0 Å². The second-order valence-corrected chi connectivity index (χ2v) is 5.62. The number of carbonyl (C=O) groups is 1. The van der Waals surface area contributed by atoms with Crippen LogP contribution in [-0.4, -0.2) is 33.4 Å². The van der Waals surface area contributed by atoms with Crippen LogP contribution in [0.3, 0.4) is 0 Å². The first-order valence-corrected chi connectivity index (χ1v) is 7.03. The van der Waals surface area contributed by atoms with E-state index in [4.69, 9.17) is 5.73 Å². The van der Waals surface area contributed by atoms with Crippen molar-refractivity contribution in [2.45, 2.75) is 44.7 Å². The van der Waals surface area contributed by atoms with Crippen LogP contribution in [0.4, 0.5) is 0 Å². The molecule has 2 unspecified atom stereocenters. The number of amides is 1. The molecule has 0 aromatic carbocycles. The third-order valence-electron chi connectivity index (χ3n) is 4.13. The quantitative estimate of drug-likeness (QED) is 0.891. The highest BCUT2D eigenvalue weighted by Gasteiger charge is 2.25. The van der Waals surface area contributed by atoms with Gasteiger partial charge >= 0.3 is 0 Å². The lowest BCUT2D eigenvalue weighted by Crippen LogP contribution is -2.37. The van der Waals surface area contributed by atoms with E-state index in [1.807, 2.05) is 24.9 Å². The maximum absolute atomic E-state index is 12.2. The molecule has 19 heavy (non-hydrogen) atoms. The lowest BCUT2D eigenvalue weighted by Gasteiger charge is -2.29. The molecule has 1 saturated carbocycles.